The lowest BCUT2D eigenvalue weighted by atomic mass is 10.2. The van der Waals surface area contributed by atoms with E-state index in [-0.39, 0.29) is 34.0 Å². The zero-order valence-electron chi connectivity index (χ0n) is 10.5. The fourth-order valence-corrected chi connectivity index (χ4v) is 2.08. The minimum absolute atomic E-state index is 0. The SMILES string of the molecule is Br.Br.CNNCc1ccc(S(=O)(=O)N(C)C)cc1. The molecular weight excluding hydrogens is 386 g/mol. The third-order valence-corrected chi connectivity index (χ3v) is 4.00. The van der Waals surface area contributed by atoms with Crippen LogP contribution < -0.4 is 10.9 Å². The smallest absolute Gasteiger partial charge is 0.242 e. The van der Waals surface area contributed by atoms with Gasteiger partial charge in [-0.25, -0.2) is 12.7 Å². The number of hydrogen-bond acceptors (Lipinski definition) is 4. The molecule has 0 aromatic heterocycles. The molecule has 1 rings (SSSR count). The second-order valence-corrected chi connectivity index (χ2v) is 5.69. The van der Waals surface area contributed by atoms with E-state index in [1.807, 2.05) is 0 Å². The maximum absolute atomic E-state index is 11.8. The molecule has 5 nitrogen and oxygen atoms in total. The van der Waals surface area contributed by atoms with E-state index >= 15 is 0 Å². The van der Waals surface area contributed by atoms with Crippen molar-refractivity contribution in [3.63, 3.8) is 0 Å². The second-order valence-electron chi connectivity index (χ2n) is 3.53. The van der Waals surface area contributed by atoms with E-state index in [1.54, 1.807) is 31.3 Å². The number of rotatable bonds is 5. The highest BCUT2D eigenvalue weighted by molar-refractivity contribution is 8.93. The lowest BCUT2D eigenvalue weighted by molar-refractivity contribution is 0.520. The number of nitrogens with zero attached hydrogens (tertiary/aromatic N) is 1. The van der Waals surface area contributed by atoms with Crippen molar-refractivity contribution in [2.75, 3.05) is 21.1 Å². The summed E-state index contributed by atoms with van der Waals surface area (Å²) in [5.41, 5.74) is 6.76. The molecule has 106 valence electrons. The molecule has 0 spiro atoms. The fraction of sp³-hybridized carbons (Fsp3) is 0.400. The van der Waals surface area contributed by atoms with Crippen LogP contribution in [0.4, 0.5) is 0 Å². The predicted octanol–water partition coefficient (Wildman–Crippen LogP) is 1.32. The van der Waals surface area contributed by atoms with Crippen molar-refractivity contribution in [1.82, 2.24) is 15.2 Å². The first-order valence-corrected chi connectivity index (χ1v) is 6.33. The van der Waals surface area contributed by atoms with Gasteiger partial charge in [0.1, 0.15) is 0 Å². The predicted molar refractivity (Wildman–Crippen MR) is 83.9 cm³/mol. The molecule has 0 fully saturated rings. The number of hydrazine groups is 1. The van der Waals surface area contributed by atoms with Gasteiger partial charge in [0.15, 0.2) is 0 Å². The van der Waals surface area contributed by atoms with Gasteiger partial charge in [0, 0.05) is 20.6 Å². The molecule has 0 atom stereocenters. The number of benzene rings is 1. The maximum Gasteiger partial charge on any atom is 0.242 e. The van der Waals surface area contributed by atoms with Gasteiger partial charge in [-0.3, -0.25) is 10.9 Å². The standard InChI is InChI=1S/C10H17N3O2S.2BrH/c1-11-12-8-9-4-6-10(7-5-9)16(14,15)13(2)3;;/h4-7,11-12H,8H2,1-3H3;2*1H. The zero-order chi connectivity index (χ0) is 12.2. The van der Waals surface area contributed by atoms with Crippen molar-refractivity contribution in [2.24, 2.45) is 0 Å². The lowest BCUT2D eigenvalue weighted by Crippen LogP contribution is -2.26. The van der Waals surface area contributed by atoms with Crippen LogP contribution in [0.25, 0.3) is 0 Å². The Morgan fingerprint density at radius 1 is 1.11 bits per heavy atom. The first-order chi connectivity index (χ1) is 7.48. The molecule has 1 aromatic carbocycles. The Kier molecular flexibility index (Phi) is 10.2. The van der Waals surface area contributed by atoms with Gasteiger partial charge in [0.25, 0.3) is 0 Å². The van der Waals surface area contributed by atoms with Crippen molar-refractivity contribution in [2.45, 2.75) is 11.4 Å². The zero-order valence-corrected chi connectivity index (χ0v) is 14.7. The largest absolute Gasteiger partial charge is 0.261 e. The number of nitrogens with one attached hydrogen (secondary N) is 2. The molecule has 0 aliphatic heterocycles. The highest BCUT2D eigenvalue weighted by Crippen LogP contribution is 2.13. The first-order valence-electron chi connectivity index (χ1n) is 4.89. The Morgan fingerprint density at radius 3 is 2.00 bits per heavy atom. The van der Waals surface area contributed by atoms with Gasteiger partial charge in [0.05, 0.1) is 4.90 Å². The second kappa shape index (κ2) is 9.00. The van der Waals surface area contributed by atoms with Crippen molar-refractivity contribution in [3.8, 4) is 0 Å². The summed E-state index contributed by atoms with van der Waals surface area (Å²) in [7, 11) is 1.51. The Morgan fingerprint density at radius 2 is 1.61 bits per heavy atom. The van der Waals surface area contributed by atoms with Crippen LogP contribution in [0.15, 0.2) is 29.2 Å². The summed E-state index contributed by atoms with van der Waals surface area (Å²) in [4.78, 5) is 0.311. The van der Waals surface area contributed by atoms with Crippen molar-refractivity contribution < 1.29 is 8.42 Å². The summed E-state index contributed by atoms with van der Waals surface area (Å²) in [5.74, 6) is 0. The summed E-state index contributed by atoms with van der Waals surface area (Å²) in [6.07, 6.45) is 0. The van der Waals surface area contributed by atoms with Crippen LogP contribution in [0.2, 0.25) is 0 Å². The van der Waals surface area contributed by atoms with Gasteiger partial charge in [-0.15, -0.1) is 34.0 Å². The number of halogens is 2. The third-order valence-electron chi connectivity index (χ3n) is 2.17. The summed E-state index contributed by atoms with van der Waals surface area (Å²) in [5, 5.41) is 0. The van der Waals surface area contributed by atoms with Crippen molar-refractivity contribution >= 4 is 44.0 Å². The van der Waals surface area contributed by atoms with Crippen LogP contribution >= 0.6 is 34.0 Å². The van der Waals surface area contributed by atoms with E-state index in [1.165, 1.54) is 18.4 Å². The van der Waals surface area contributed by atoms with E-state index in [0.29, 0.717) is 11.4 Å². The topological polar surface area (TPSA) is 61.4 Å². The summed E-state index contributed by atoms with van der Waals surface area (Å²) < 4.78 is 24.7. The Balaban J connectivity index is 0. The Bertz CT molecular complexity index is 435. The van der Waals surface area contributed by atoms with Crippen LogP contribution in [-0.4, -0.2) is 33.9 Å². The molecule has 8 heteroatoms. The number of sulfonamides is 1. The molecule has 0 amide bonds. The van der Waals surface area contributed by atoms with E-state index in [0.717, 1.165) is 5.56 Å². The summed E-state index contributed by atoms with van der Waals surface area (Å²) >= 11 is 0. The molecule has 1 aromatic rings. The molecule has 0 aliphatic carbocycles. The maximum atomic E-state index is 11.8. The average Bonchev–Trinajstić information content (AvgIpc) is 2.26. The minimum Gasteiger partial charge on any atom is -0.261 e. The first kappa shape index (κ1) is 20.3. The molecule has 0 heterocycles. The Labute approximate surface area is 130 Å². The van der Waals surface area contributed by atoms with E-state index in [9.17, 15) is 8.42 Å². The molecule has 0 bridgehead atoms. The Hall–Kier alpha value is 0.01000. The molecule has 18 heavy (non-hydrogen) atoms. The molecule has 0 saturated heterocycles. The molecule has 2 N–H and O–H groups in total. The monoisotopic (exact) mass is 403 g/mol. The van der Waals surface area contributed by atoms with Gasteiger partial charge in [0.2, 0.25) is 10.0 Å². The quantitative estimate of drug-likeness (QED) is 0.726. The summed E-state index contributed by atoms with van der Waals surface area (Å²) in [6.45, 7) is 0.652. The molecule has 0 aliphatic rings. The normalized spacial score (nSPS) is 10.7. The van der Waals surface area contributed by atoms with E-state index < -0.39 is 10.0 Å². The average molecular weight is 405 g/mol. The third kappa shape index (κ3) is 5.33. The lowest BCUT2D eigenvalue weighted by Gasteiger charge is -2.11. The summed E-state index contributed by atoms with van der Waals surface area (Å²) in [6, 6.07) is 6.81. The van der Waals surface area contributed by atoms with E-state index in [4.69, 9.17) is 0 Å². The van der Waals surface area contributed by atoms with Gasteiger partial charge >= 0.3 is 0 Å². The number of hydrogen-bond donors (Lipinski definition) is 2. The van der Waals surface area contributed by atoms with Crippen LogP contribution in [0.1, 0.15) is 5.56 Å². The van der Waals surface area contributed by atoms with Gasteiger partial charge in [-0.05, 0) is 24.7 Å². The van der Waals surface area contributed by atoms with Crippen LogP contribution in [-0.2, 0) is 16.6 Å². The van der Waals surface area contributed by atoms with Crippen molar-refractivity contribution in [1.29, 1.82) is 0 Å². The molecule has 0 radical (unpaired) electrons. The fourth-order valence-electron chi connectivity index (χ4n) is 1.18. The van der Waals surface area contributed by atoms with Crippen LogP contribution in [0, 0.1) is 0 Å². The minimum atomic E-state index is -3.32. The van der Waals surface area contributed by atoms with Crippen molar-refractivity contribution in [3.05, 3.63) is 29.8 Å². The van der Waals surface area contributed by atoms with Crippen LogP contribution in [0.5, 0.6) is 0 Å². The highest BCUT2D eigenvalue weighted by Gasteiger charge is 2.16. The molecule has 0 saturated carbocycles. The van der Waals surface area contributed by atoms with E-state index in [2.05, 4.69) is 10.9 Å². The van der Waals surface area contributed by atoms with Gasteiger partial charge in [-0.2, -0.15) is 0 Å². The molecule has 0 unspecified atom stereocenters. The highest BCUT2D eigenvalue weighted by atomic mass is 79.9. The van der Waals surface area contributed by atoms with Gasteiger partial charge in [-0.1, -0.05) is 12.1 Å². The molecular formula is C10H19Br2N3O2S. The van der Waals surface area contributed by atoms with Crippen LogP contribution in [0.3, 0.4) is 0 Å². The van der Waals surface area contributed by atoms with Gasteiger partial charge < -0.3 is 0 Å².